The maximum atomic E-state index is 11.5. The summed E-state index contributed by atoms with van der Waals surface area (Å²) in [7, 11) is 0. The second kappa shape index (κ2) is 7.04. The summed E-state index contributed by atoms with van der Waals surface area (Å²) in [6, 6.07) is 0. The van der Waals surface area contributed by atoms with Crippen molar-refractivity contribution in [1.82, 2.24) is 5.32 Å². The van der Waals surface area contributed by atoms with E-state index in [1.54, 1.807) is 6.92 Å². The number of amides is 1. The van der Waals surface area contributed by atoms with E-state index in [4.69, 9.17) is 4.74 Å². The fourth-order valence-electron chi connectivity index (χ4n) is 1.65. The number of ether oxygens (including phenoxy) is 1. The lowest BCUT2D eigenvalue weighted by molar-refractivity contribution is -0.143. The summed E-state index contributed by atoms with van der Waals surface area (Å²) < 4.78 is 4.79. The van der Waals surface area contributed by atoms with E-state index in [9.17, 15) is 9.59 Å². The van der Waals surface area contributed by atoms with Crippen molar-refractivity contribution in [3.63, 3.8) is 0 Å². The SMILES string of the molecule is CCOC(=O)CCCNC(=O)C1CC=CC1. The van der Waals surface area contributed by atoms with E-state index in [1.165, 1.54) is 0 Å². The molecule has 0 aliphatic heterocycles. The molecular weight excluding hydrogens is 206 g/mol. The van der Waals surface area contributed by atoms with Crippen molar-refractivity contribution in [1.29, 1.82) is 0 Å². The molecule has 4 heteroatoms. The topological polar surface area (TPSA) is 55.4 Å². The van der Waals surface area contributed by atoms with E-state index < -0.39 is 0 Å². The molecule has 0 unspecified atom stereocenters. The van der Waals surface area contributed by atoms with Crippen LogP contribution in [0.4, 0.5) is 0 Å². The van der Waals surface area contributed by atoms with E-state index in [0.717, 1.165) is 12.8 Å². The molecule has 1 rings (SSSR count). The van der Waals surface area contributed by atoms with Crippen LogP contribution >= 0.6 is 0 Å². The highest BCUT2D eigenvalue weighted by Gasteiger charge is 2.18. The molecule has 1 aliphatic rings. The Kier molecular flexibility index (Phi) is 5.61. The van der Waals surface area contributed by atoms with Crippen molar-refractivity contribution >= 4 is 11.9 Å². The Morgan fingerprint density at radius 3 is 2.69 bits per heavy atom. The van der Waals surface area contributed by atoms with Gasteiger partial charge in [-0.15, -0.1) is 0 Å². The third-order valence-corrected chi connectivity index (χ3v) is 2.54. The number of esters is 1. The minimum absolute atomic E-state index is 0.0915. The number of nitrogens with one attached hydrogen (secondary N) is 1. The van der Waals surface area contributed by atoms with E-state index >= 15 is 0 Å². The van der Waals surface area contributed by atoms with Gasteiger partial charge in [-0.25, -0.2) is 0 Å². The number of carbonyl (C=O) groups is 2. The fraction of sp³-hybridized carbons (Fsp3) is 0.667. The number of hydrogen-bond donors (Lipinski definition) is 1. The van der Waals surface area contributed by atoms with Crippen molar-refractivity contribution in [3.8, 4) is 0 Å². The van der Waals surface area contributed by atoms with Gasteiger partial charge >= 0.3 is 5.97 Å². The first kappa shape index (κ1) is 12.7. The van der Waals surface area contributed by atoms with Crippen molar-refractivity contribution < 1.29 is 14.3 Å². The van der Waals surface area contributed by atoms with Crippen LogP contribution in [0.5, 0.6) is 0 Å². The summed E-state index contributed by atoms with van der Waals surface area (Å²) >= 11 is 0. The molecule has 90 valence electrons. The summed E-state index contributed by atoms with van der Waals surface area (Å²) in [4.78, 5) is 22.5. The lowest BCUT2D eigenvalue weighted by Crippen LogP contribution is -2.30. The van der Waals surface area contributed by atoms with Gasteiger partial charge < -0.3 is 10.1 Å². The average molecular weight is 225 g/mol. The molecule has 1 amide bonds. The van der Waals surface area contributed by atoms with Gasteiger partial charge in [-0.3, -0.25) is 9.59 Å². The van der Waals surface area contributed by atoms with Crippen LogP contribution in [-0.4, -0.2) is 25.0 Å². The lowest BCUT2D eigenvalue weighted by atomic mass is 10.1. The van der Waals surface area contributed by atoms with Crippen LogP contribution in [0, 0.1) is 5.92 Å². The average Bonchev–Trinajstić information content (AvgIpc) is 2.78. The number of allylic oxidation sites excluding steroid dienone is 2. The van der Waals surface area contributed by atoms with Crippen LogP contribution in [0.25, 0.3) is 0 Å². The molecule has 1 N–H and O–H groups in total. The van der Waals surface area contributed by atoms with Crippen molar-refractivity contribution in [2.45, 2.75) is 32.6 Å². The molecule has 4 nitrogen and oxygen atoms in total. The third-order valence-electron chi connectivity index (χ3n) is 2.54. The van der Waals surface area contributed by atoms with E-state index in [0.29, 0.717) is 26.0 Å². The first-order chi connectivity index (χ1) is 7.74. The van der Waals surface area contributed by atoms with Gasteiger partial charge in [0.1, 0.15) is 0 Å². The molecule has 0 radical (unpaired) electrons. The zero-order valence-corrected chi connectivity index (χ0v) is 9.70. The van der Waals surface area contributed by atoms with Crippen LogP contribution in [-0.2, 0) is 14.3 Å². The molecule has 0 heterocycles. The Balaban J connectivity index is 2.02. The van der Waals surface area contributed by atoms with Crippen molar-refractivity contribution in [2.24, 2.45) is 5.92 Å². The second-order valence-electron chi connectivity index (χ2n) is 3.84. The molecule has 1 aliphatic carbocycles. The molecule has 0 spiro atoms. The standard InChI is InChI=1S/C12H19NO3/c1-2-16-11(14)8-5-9-13-12(15)10-6-3-4-7-10/h3-4,10H,2,5-9H2,1H3,(H,13,15). The smallest absolute Gasteiger partial charge is 0.305 e. The highest BCUT2D eigenvalue weighted by atomic mass is 16.5. The minimum Gasteiger partial charge on any atom is -0.466 e. The molecule has 0 aromatic carbocycles. The Morgan fingerprint density at radius 1 is 1.38 bits per heavy atom. The molecule has 0 aromatic heterocycles. The van der Waals surface area contributed by atoms with Crippen LogP contribution < -0.4 is 5.32 Å². The van der Waals surface area contributed by atoms with Gasteiger partial charge in [0, 0.05) is 18.9 Å². The van der Waals surface area contributed by atoms with Crippen molar-refractivity contribution in [2.75, 3.05) is 13.2 Å². The molecule has 0 saturated carbocycles. The highest BCUT2D eigenvalue weighted by molar-refractivity contribution is 5.79. The zero-order chi connectivity index (χ0) is 11.8. The van der Waals surface area contributed by atoms with Gasteiger partial charge in [0.05, 0.1) is 6.61 Å². The van der Waals surface area contributed by atoms with Crippen LogP contribution in [0.2, 0.25) is 0 Å². The first-order valence-electron chi connectivity index (χ1n) is 5.82. The summed E-state index contributed by atoms with van der Waals surface area (Å²) in [5.74, 6) is -0.00395. The molecule has 0 fully saturated rings. The van der Waals surface area contributed by atoms with Crippen molar-refractivity contribution in [3.05, 3.63) is 12.2 Å². The van der Waals surface area contributed by atoms with Gasteiger partial charge in [-0.1, -0.05) is 12.2 Å². The summed E-state index contributed by atoms with van der Waals surface area (Å²) in [6.45, 7) is 2.75. The second-order valence-corrected chi connectivity index (χ2v) is 3.84. The molecule has 0 atom stereocenters. The summed E-state index contributed by atoms with van der Waals surface area (Å²) in [5.41, 5.74) is 0. The van der Waals surface area contributed by atoms with E-state index in [-0.39, 0.29) is 17.8 Å². The maximum absolute atomic E-state index is 11.5. The summed E-state index contributed by atoms with van der Waals surface area (Å²) in [5, 5.41) is 2.84. The fourth-order valence-corrected chi connectivity index (χ4v) is 1.65. The number of carbonyl (C=O) groups excluding carboxylic acids is 2. The largest absolute Gasteiger partial charge is 0.466 e. The Morgan fingerprint density at radius 2 is 2.06 bits per heavy atom. The normalized spacial score (nSPS) is 15.1. The molecule has 0 bridgehead atoms. The zero-order valence-electron chi connectivity index (χ0n) is 9.70. The monoisotopic (exact) mass is 225 g/mol. The lowest BCUT2D eigenvalue weighted by Gasteiger charge is -2.09. The predicted octanol–water partition coefficient (Wildman–Crippen LogP) is 1.41. The number of hydrogen-bond acceptors (Lipinski definition) is 3. The Bertz CT molecular complexity index is 265. The van der Waals surface area contributed by atoms with E-state index in [1.807, 2.05) is 12.2 Å². The van der Waals surface area contributed by atoms with Gasteiger partial charge in [-0.05, 0) is 26.2 Å². The number of rotatable bonds is 6. The maximum Gasteiger partial charge on any atom is 0.305 e. The Labute approximate surface area is 96.0 Å². The molecule has 0 saturated heterocycles. The van der Waals surface area contributed by atoms with Crippen LogP contribution in [0.15, 0.2) is 12.2 Å². The third kappa shape index (κ3) is 4.47. The minimum atomic E-state index is -0.195. The van der Waals surface area contributed by atoms with Gasteiger partial charge in [-0.2, -0.15) is 0 Å². The van der Waals surface area contributed by atoms with Gasteiger partial charge in [0.2, 0.25) is 5.91 Å². The van der Waals surface area contributed by atoms with Crippen LogP contribution in [0.3, 0.4) is 0 Å². The van der Waals surface area contributed by atoms with Gasteiger partial charge in [0.25, 0.3) is 0 Å². The molecule has 0 aromatic rings. The summed E-state index contributed by atoms with van der Waals surface area (Å²) in [6.07, 6.45) is 6.75. The Hall–Kier alpha value is -1.32. The van der Waals surface area contributed by atoms with Gasteiger partial charge in [0.15, 0.2) is 0 Å². The first-order valence-corrected chi connectivity index (χ1v) is 5.82. The molecule has 16 heavy (non-hydrogen) atoms. The van der Waals surface area contributed by atoms with Crippen LogP contribution in [0.1, 0.15) is 32.6 Å². The quantitative estimate of drug-likeness (QED) is 0.422. The molecular formula is C12H19NO3. The highest BCUT2D eigenvalue weighted by Crippen LogP contribution is 2.17. The predicted molar refractivity (Wildman–Crippen MR) is 60.7 cm³/mol. The van der Waals surface area contributed by atoms with E-state index in [2.05, 4.69) is 5.32 Å².